The molecule has 0 saturated carbocycles. The van der Waals surface area contributed by atoms with Crippen LogP contribution < -0.4 is 10.5 Å². The molecule has 9 heteroatoms. The highest BCUT2D eigenvalue weighted by atomic mass is 16.6. The topological polar surface area (TPSA) is 131 Å². The van der Waals surface area contributed by atoms with Crippen molar-refractivity contribution in [1.29, 1.82) is 0 Å². The third-order valence-electron chi connectivity index (χ3n) is 4.54. The molecule has 0 amide bonds. The lowest BCUT2D eigenvalue weighted by Gasteiger charge is -2.19. The standard InChI is InChI=1S/C25H29NO8/c1-17(26)24(29)32-16-20(15-31-23(28)14-8-11-19-9-4-3-5-10-19)34-25(30)21-12-6-7-13-22(21)33-18(2)27/h3-7,9-10,12-13,17,20H,8,11,14-16,26H2,1-2H3. The smallest absolute Gasteiger partial charge is 0.342 e. The first-order valence-electron chi connectivity index (χ1n) is 10.9. The van der Waals surface area contributed by atoms with E-state index >= 15 is 0 Å². The van der Waals surface area contributed by atoms with Crippen LogP contribution in [0.25, 0.3) is 0 Å². The summed E-state index contributed by atoms with van der Waals surface area (Å²) in [6.07, 6.45) is 0.388. The molecule has 0 aliphatic carbocycles. The van der Waals surface area contributed by atoms with Gasteiger partial charge in [-0.1, -0.05) is 42.5 Å². The van der Waals surface area contributed by atoms with E-state index < -0.39 is 36.0 Å². The van der Waals surface area contributed by atoms with Gasteiger partial charge >= 0.3 is 23.9 Å². The fourth-order valence-electron chi connectivity index (χ4n) is 2.86. The lowest BCUT2D eigenvalue weighted by Crippen LogP contribution is -2.35. The minimum absolute atomic E-state index is 0.00425. The molecule has 0 bridgehead atoms. The lowest BCUT2D eigenvalue weighted by atomic mass is 10.1. The molecule has 2 rings (SSSR count). The number of ether oxygens (including phenoxy) is 4. The molecule has 2 atom stereocenters. The van der Waals surface area contributed by atoms with Crippen molar-refractivity contribution in [1.82, 2.24) is 0 Å². The van der Waals surface area contributed by atoms with Crippen LogP contribution in [0.4, 0.5) is 0 Å². The number of nitrogens with two attached hydrogens (primary N) is 1. The Balaban J connectivity index is 1.96. The van der Waals surface area contributed by atoms with Crippen molar-refractivity contribution in [3.8, 4) is 5.75 Å². The number of benzene rings is 2. The van der Waals surface area contributed by atoms with E-state index in [1.807, 2.05) is 30.3 Å². The third kappa shape index (κ3) is 9.41. The van der Waals surface area contributed by atoms with Gasteiger partial charge in [-0.15, -0.1) is 0 Å². The van der Waals surface area contributed by atoms with Gasteiger partial charge in [-0.05, 0) is 37.5 Å². The second kappa shape index (κ2) is 13.7. The van der Waals surface area contributed by atoms with Crippen LogP contribution in [0, 0.1) is 0 Å². The Kier molecular flexibility index (Phi) is 10.7. The van der Waals surface area contributed by atoms with Crippen molar-refractivity contribution in [2.24, 2.45) is 5.73 Å². The average molecular weight is 472 g/mol. The van der Waals surface area contributed by atoms with Crippen LogP contribution >= 0.6 is 0 Å². The quantitative estimate of drug-likeness (QED) is 0.282. The number of para-hydroxylation sites is 1. The van der Waals surface area contributed by atoms with Crippen LogP contribution in [0.2, 0.25) is 0 Å². The van der Waals surface area contributed by atoms with Crippen LogP contribution in [-0.2, 0) is 35.0 Å². The molecule has 0 radical (unpaired) electrons. The van der Waals surface area contributed by atoms with Crippen molar-refractivity contribution >= 4 is 23.9 Å². The summed E-state index contributed by atoms with van der Waals surface area (Å²) in [5, 5.41) is 0. The van der Waals surface area contributed by atoms with E-state index in [0.717, 1.165) is 5.56 Å². The molecule has 0 saturated heterocycles. The molecule has 182 valence electrons. The number of carbonyl (C=O) groups is 4. The maximum absolute atomic E-state index is 12.7. The van der Waals surface area contributed by atoms with Crippen LogP contribution in [0.5, 0.6) is 5.75 Å². The molecule has 34 heavy (non-hydrogen) atoms. The van der Waals surface area contributed by atoms with E-state index in [9.17, 15) is 19.2 Å². The van der Waals surface area contributed by atoms with Crippen LogP contribution in [0.3, 0.4) is 0 Å². The first kappa shape index (κ1) is 26.5. The van der Waals surface area contributed by atoms with E-state index in [2.05, 4.69) is 0 Å². The minimum atomic E-state index is -1.08. The molecule has 2 unspecified atom stereocenters. The van der Waals surface area contributed by atoms with Gasteiger partial charge < -0.3 is 24.7 Å². The number of aryl methyl sites for hydroxylation is 1. The van der Waals surface area contributed by atoms with Crippen LogP contribution in [0.1, 0.15) is 42.6 Å². The maximum Gasteiger partial charge on any atom is 0.342 e. The number of carbonyl (C=O) groups excluding carboxylic acids is 4. The fraction of sp³-hybridized carbons (Fsp3) is 0.360. The number of hydrogen-bond donors (Lipinski definition) is 1. The SMILES string of the molecule is CC(=O)Oc1ccccc1C(=O)OC(COC(=O)CCCc1ccccc1)COC(=O)C(C)N. The van der Waals surface area contributed by atoms with Crippen molar-refractivity contribution in [3.05, 3.63) is 65.7 Å². The summed E-state index contributed by atoms with van der Waals surface area (Å²) >= 11 is 0. The molecule has 0 heterocycles. The molecule has 0 aliphatic heterocycles. The molecule has 0 spiro atoms. The van der Waals surface area contributed by atoms with E-state index in [0.29, 0.717) is 12.8 Å². The Morgan fingerprint density at radius 1 is 0.912 bits per heavy atom. The van der Waals surface area contributed by atoms with E-state index in [1.54, 1.807) is 12.1 Å². The van der Waals surface area contributed by atoms with Gasteiger partial charge in [0.2, 0.25) is 0 Å². The maximum atomic E-state index is 12.7. The van der Waals surface area contributed by atoms with Gasteiger partial charge in [-0.3, -0.25) is 14.4 Å². The molecule has 2 aromatic rings. The predicted molar refractivity (Wildman–Crippen MR) is 122 cm³/mol. The molecular formula is C25H29NO8. The Hall–Kier alpha value is -3.72. The fourth-order valence-corrected chi connectivity index (χ4v) is 2.86. The van der Waals surface area contributed by atoms with Crippen molar-refractivity contribution < 1.29 is 38.1 Å². The molecule has 2 N–H and O–H groups in total. The second-order valence-corrected chi connectivity index (χ2v) is 7.56. The van der Waals surface area contributed by atoms with E-state index in [4.69, 9.17) is 24.7 Å². The molecule has 0 aliphatic rings. The van der Waals surface area contributed by atoms with Crippen LogP contribution in [-0.4, -0.2) is 49.2 Å². The van der Waals surface area contributed by atoms with Gasteiger partial charge in [-0.2, -0.15) is 0 Å². The van der Waals surface area contributed by atoms with Crippen LogP contribution in [0.15, 0.2) is 54.6 Å². The molecule has 0 fully saturated rings. The number of esters is 4. The second-order valence-electron chi connectivity index (χ2n) is 7.56. The highest BCUT2D eigenvalue weighted by Gasteiger charge is 2.23. The molecule has 0 aromatic heterocycles. The van der Waals surface area contributed by atoms with Gasteiger partial charge in [-0.25, -0.2) is 4.79 Å². The van der Waals surface area contributed by atoms with Gasteiger partial charge in [0.05, 0.1) is 0 Å². The third-order valence-corrected chi connectivity index (χ3v) is 4.54. The van der Waals surface area contributed by atoms with Gasteiger partial charge in [0.25, 0.3) is 0 Å². The first-order chi connectivity index (χ1) is 16.3. The Bertz CT molecular complexity index is 974. The summed E-state index contributed by atoms with van der Waals surface area (Å²) in [7, 11) is 0. The summed E-state index contributed by atoms with van der Waals surface area (Å²) in [4.78, 5) is 47.9. The zero-order valence-electron chi connectivity index (χ0n) is 19.2. The zero-order chi connectivity index (χ0) is 24.9. The Morgan fingerprint density at radius 3 is 2.24 bits per heavy atom. The summed E-state index contributed by atoms with van der Waals surface area (Å²) in [5.74, 6) is -2.60. The lowest BCUT2D eigenvalue weighted by molar-refractivity contribution is -0.153. The molecule has 2 aromatic carbocycles. The Morgan fingerprint density at radius 2 is 1.56 bits per heavy atom. The number of hydrogen-bond acceptors (Lipinski definition) is 9. The molecular weight excluding hydrogens is 442 g/mol. The number of rotatable bonds is 12. The van der Waals surface area contributed by atoms with E-state index in [1.165, 1.54) is 26.0 Å². The highest BCUT2D eigenvalue weighted by molar-refractivity contribution is 5.93. The predicted octanol–water partition coefficient (Wildman–Crippen LogP) is 2.59. The highest BCUT2D eigenvalue weighted by Crippen LogP contribution is 2.20. The van der Waals surface area contributed by atoms with Gasteiger partial charge in [0, 0.05) is 13.3 Å². The molecule has 9 nitrogen and oxygen atoms in total. The summed E-state index contributed by atoms with van der Waals surface area (Å²) < 4.78 is 20.7. The van der Waals surface area contributed by atoms with Gasteiger partial charge in [0.15, 0.2) is 6.10 Å². The van der Waals surface area contributed by atoms with Crippen molar-refractivity contribution in [2.45, 2.75) is 45.3 Å². The van der Waals surface area contributed by atoms with E-state index in [-0.39, 0.29) is 30.9 Å². The Labute approximate surface area is 198 Å². The van der Waals surface area contributed by atoms with Gasteiger partial charge in [0.1, 0.15) is 30.6 Å². The largest absolute Gasteiger partial charge is 0.462 e. The summed E-state index contributed by atoms with van der Waals surface area (Å²) in [5.41, 5.74) is 6.59. The first-order valence-corrected chi connectivity index (χ1v) is 10.9. The monoisotopic (exact) mass is 471 g/mol. The summed E-state index contributed by atoms with van der Waals surface area (Å²) in [6, 6.07) is 14.9. The summed E-state index contributed by atoms with van der Waals surface area (Å²) in [6.45, 7) is 1.97. The van der Waals surface area contributed by atoms with Crippen molar-refractivity contribution in [3.63, 3.8) is 0 Å². The van der Waals surface area contributed by atoms with Crippen molar-refractivity contribution in [2.75, 3.05) is 13.2 Å². The minimum Gasteiger partial charge on any atom is -0.462 e. The normalized spacial score (nSPS) is 12.2. The zero-order valence-corrected chi connectivity index (χ0v) is 19.2. The average Bonchev–Trinajstić information content (AvgIpc) is 2.81.